The van der Waals surface area contributed by atoms with Gasteiger partial charge in [-0.3, -0.25) is 14.3 Å². The van der Waals surface area contributed by atoms with Crippen molar-refractivity contribution in [2.45, 2.75) is 78.3 Å². The van der Waals surface area contributed by atoms with Gasteiger partial charge < -0.3 is 10.3 Å². The Kier molecular flexibility index (Phi) is 7.14. The van der Waals surface area contributed by atoms with Crippen LogP contribution in [0.5, 0.6) is 0 Å². The summed E-state index contributed by atoms with van der Waals surface area (Å²) in [4.78, 5) is 32.7. The van der Waals surface area contributed by atoms with Gasteiger partial charge in [-0.2, -0.15) is 5.10 Å². The van der Waals surface area contributed by atoms with Crippen LogP contribution >= 0.6 is 0 Å². The molecule has 0 spiro atoms. The number of halogens is 1. The number of aryl methyl sites for hydroxylation is 1. The molecular weight excluding hydrogens is 433 g/mol. The molecule has 1 saturated carbocycles. The molecule has 3 aromatic rings. The third-order valence-electron chi connectivity index (χ3n) is 7.22. The van der Waals surface area contributed by atoms with Crippen molar-refractivity contribution in [3.63, 3.8) is 0 Å². The van der Waals surface area contributed by atoms with E-state index in [4.69, 9.17) is 0 Å². The monoisotopic (exact) mass is 467 g/mol. The van der Waals surface area contributed by atoms with Gasteiger partial charge in [-0.25, -0.2) is 9.37 Å². The number of ketones is 1. The lowest BCUT2D eigenvalue weighted by Crippen LogP contribution is -2.24. The molecule has 1 unspecified atom stereocenters. The van der Waals surface area contributed by atoms with Crippen LogP contribution in [0.15, 0.2) is 24.4 Å². The van der Waals surface area contributed by atoms with Gasteiger partial charge in [0.15, 0.2) is 11.6 Å². The Hall–Kier alpha value is -3.03. The van der Waals surface area contributed by atoms with Gasteiger partial charge in [0.1, 0.15) is 17.0 Å². The maximum atomic E-state index is 15.4. The van der Waals surface area contributed by atoms with Crippen molar-refractivity contribution in [2.75, 3.05) is 0 Å². The highest BCUT2D eigenvalue weighted by atomic mass is 19.1. The number of amides is 1. The molecule has 34 heavy (non-hydrogen) atoms. The normalized spacial score (nSPS) is 20.3. The minimum Gasteiger partial charge on any atom is -0.350 e. The largest absolute Gasteiger partial charge is 0.350 e. The minimum atomic E-state index is -0.464. The molecule has 0 saturated heterocycles. The van der Waals surface area contributed by atoms with Crippen LogP contribution < -0.4 is 5.32 Å². The molecule has 0 bridgehead atoms. The lowest BCUT2D eigenvalue weighted by molar-refractivity contribution is -0.119. The van der Waals surface area contributed by atoms with Gasteiger partial charge in [0.05, 0.1) is 11.6 Å². The number of aromatic nitrogens is 4. The van der Waals surface area contributed by atoms with E-state index in [1.165, 1.54) is 6.92 Å². The number of carbonyl (C=O) groups excluding carboxylic acids is 2. The second-order valence-electron chi connectivity index (χ2n) is 9.70. The molecular formula is C26H34FN5O2. The van der Waals surface area contributed by atoms with E-state index in [0.29, 0.717) is 47.4 Å². The summed E-state index contributed by atoms with van der Waals surface area (Å²) in [5.74, 6) is 0.902. The zero-order valence-electron chi connectivity index (χ0n) is 20.4. The van der Waals surface area contributed by atoms with E-state index in [0.717, 1.165) is 25.7 Å². The van der Waals surface area contributed by atoms with Crippen molar-refractivity contribution in [1.82, 2.24) is 25.1 Å². The molecule has 1 aromatic carbocycles. The second-order valence-corrected chi connectivity index (χ2v) is 9.70. The van der Waals surface area contributed by atoms with Crippen LogP contribution in [0.2, 0.25) is 0 Å². The van der Waals surface area contributed by atoms with E-state index >= 15 is 4.39 Å². The van der Waals surface area contributed by atoms with E-state index in [1.54, 1.807) is 36.0 Å². The molecule has 2 aromatic heterocycles. The first-order valence-electron chi connectivity index (χ1n) is 12.3. The van der Waals surface area contributed by atoms with Crippen molar-refractivity contribution in [1.29, 1.82) is 0 Å². The topological polar surface area (TPSA) is 92.7 Å². The van der Waals surface area contributed by atoms with Gasteiger partial charge in [0, 0.05) is 37.6 Å². The number of nitrogens with zero attached hydrogens (tertiary/aromatic N) is 3. The van der Waals surface area contributed by atoms with Crippen molar-refractivity contribution >= 4 is 22.7 Å². The fourth-order valence-electron chi connectivity index (χ4n) is 5.27. The predicted molar refractivity (Wildman–Crippen MR) is 129 cm³/mol. The van der Waals surface area contributed by atoms with Gasteiger partial charge in [0.2, 0.25) is 5.91 Å². The van der Waals surface area contributed by atoms with E-state index in [9.17, 15) is 9.59 Å². The highest BCUT2D eigenvalue weighted by Gasteiger charge is 2.32. The molecule has 8 heteroatoms. The van der Waals surface area contributed by atoms with Crippen LogP contribution in [0.1, 0.15) is 93.6 Å². The molecule has 1 amide bonds. The molecule has 4 rings (SSSR count). The van der Waals surface area contributed by atoms with Crippen LogP contribution in [0.4, 0.5) is 4.39 Å². The second kappa shape index (κ2) is 10.1. The highest BCUT2D eigenvalue weighted by molar-refractivity contribution is 5.95. The predicted octanol–water partition coefficient (Wildman–Crippen LogP) is 5.30. The summed E-state index contributed by atoms with van der Waals surface area (Å²) in [6.07, 6.45) is 6.25. The smallest absolute Gasteiger partial charge is 0.217 e. The molecule has 7 nitrogen and oxygen atoms in total. The summed E-state index contributed by atoms with van der Waals surface area (Å²) in [5, 5.41) is 6.98. The molecule has 0 radical (unpaired) electrons. The Morgan fingerprint density at radius 1 is 1.24 bits per heavy atom. The van der Waals surface area contributed by atoms with Crippen LogP contribution in [0.3, 0.4) is 0 Å². The molecule has 2 N–H and O–H groups in total. The van der Waals surface area contributed by atoms with Gasteiger partial charge in [-0.1, -0.05) is 25.8 Å². The number of fused-ring (bicyclic) bond motifs is 1. The number of rotatable bonds is 8. The molecule has 1 fully saturated rings. The summed E-state index contributed by atoms with van der Waals surface area (Å²) in [7, 11) is 0. The molecule has 2 heterocycles. The first-order valence-corrected chi connectivity index (χ1v) is 12.3. The summed E-state index contributed by atoms with van der Waals surface area (Å²) < 4.78 is 17.1. The van der Waals surface area contributed by atoms with Crippen molar-refractivity contribution in [3.05, 3.63) is 47.3 Å². The fourth-order valence-corrected chi connectivity index (χ4v) is 5.27. The Morgan fingerprint density at radius 3 is 2.65 bits per heavy atom. The van der Waals surface area contributed by atoms with Gasteiger partial charge in [0.25, 0.3) is 0 Å². The standard InChI is InChI=1S/C26H34FN5O2/c1-5-32-22(12-13-28-32)23(34)14-20(18-8-6-15(2)7-9-18)26-30-21-11-10-19(16(3)29-17(4)33)24(27)25(21)31-26/h10-13,15-16,18,20H,5-9,14H2,1-4H3,(H,29,33)(H,30,31)/t15?,16?,18?,20-/m0/s1. The summed E-state index contributed by atoms with van der Waals surface area (Å²) in [5.41, 5.74) is 1.86. The zero-order chi connectivity index (χ0) is 24.4. The molecule has 0 aliphatic heterocycles. The number of aromatic amines is 1. The highest BCUT2D eigenvalue weighted by Crippen LogP contribution is 2.40. The quantitative estimate of drug-likeness (QED) is 0.440. The van der Waals surface area contributed by atoms with Crippen LogP contribution in [0, 0.1) is 17.7 Å². The third-order valence-corrected chi connectivity index (χ3v) is 7.22. The molecule has 1 aliphatic rings. The Balaban J connectivity index is 1.69. The Morgan fingerprint density at radius 2 is 1.97 bits per heavy atom. The average molecular weight is 468 g/mol. The number of hydrogen-bond donors (Lipinski definition) is 2. The lowest BCUT2D eigenvalue weighted by atomic mass is 9.74. The van der Waals surface area contributed by atoms with Gasteiger partial charge >= 0.3 is 0 Å². The van der Waals surface area contributed by atoms with Crippen LogP contribution in [0.25, 0.3) is 11.0 Å². The number of Topliss-reactive ketones (excluding diaryl/α,β-unsaturated/α-hetero) is 1. The maximum absolute atomic E-state index is 15.4. The molecule has 2 atom stereocenters. The molecule has 182 valence electrons. The fraction of sp³-hybridized carbons (Fsp3) is 0.538. The van der Waals surface area contributed by atoms with Crippen molar-refractivity contribution < 1.29 is 14.0 Å². The lowest BCUT2D eigenvalue weighted by Gasteiger charge is -2.31. The molecule has 1 aliphatic carbocycles. The van der Waals surface area contributed by atoms with E-state index in [-0.39, 0.29) is 23.1 Å². The van der Waals surface area contributed by atoms with Gasteiger partial charge in [-0.05, 0) is 50.7 Å². The van der Waals surface area contributed by atoms with Crippen LogP contribution in [-0.4, -0.2) is 31.4 Å². The minimum absolute atomic E-state index is 0.0314. The first kappa shape index (κ1) is 24.1. The first-order chi connectivity index (χ1) is 16.3. The van der Waals surface area contributed by atoms with Crippen molar-refractivity contribution in [2.24, 2.45) is 11.8 Å². The van der Waals surface area contributed by atoms with Crippen LogP contribution in [-0.2, 0) is 11.3 Å². The number of imidazole rings is 1. The van der Waals surface area contributed by atoms with E-state index in [2.05, 4.69) is 27.3 Å². The zero-order valence-corrected chi connectivity index (χ0v) is 20.4. The Labute approximate surface area is 199 Å². The van der Waals surface area contributed by atoms with E-state index in [1.807, 2.05) is 6.92 Å². The summed E-state index contributed by atoms with van der Waals surface area (Å²) in [6, 6.07) is 4.78. The van der Waals surface area contributed by atoms with E-state index < -0.39 is 11.9 Å². The number of benzene rings is 1. The maximum Gasteiger partial charge on any atom is 0.217 e. The number of nitrogens with one attached hydrogen (secondary N) is 2. The number of carbonyl (C=O) groups is 2. The van der Waals surface area contributed by atoms with Gasteiger partial charge in [-0.15, -0.1) is 0 Å². The summed E-state index contributed by atoms with van der Waals surface area (Å²) >= 11 is 0. The van der Waals surface area contributed by atoms with Crippen molar-refractivity contribution in [3.8, 4) is 0 Å². The summed E-state index contributed by atoms with van der Waals surface area (Å²) in [6.45, 7) is 8.03. The average Bonchev–Trinajstić information content (AvgIpc) is 3.45. The SMILES string of the molecule is CCn1nccc1C(=O)C[C@H](c1nc2c(F)c(C(C)NC(C)=O)ccc2[nH]1)C1CCC(C)CC1. The number of hydrogen-bond acceptors (Lipinski definition) is 4. The third kappa shape index (κ3) is 4.91. The number of H-pyrrole nitrogens is 1. The Bertz CT molecular complexity index is 1180.